The van der Waals surface area contributed by atoms with Crippen LogP contribution in [0.15, 0.2) is 12.4 Å². The fraction of sp³-hybridized carbons (Fsp3) is 0.438. The molecule has 0 amide bonds. The molecule has 0 aromatic carbocycles. The molecule has 22 heavy (non-hydrogen) atoms. The summed E-state index contributed by atoms with van der Waals surface area (Å²) in [6.45, 7) is 10.4. The van der Waals surface area contributed by atoms with E-state index in [0.717, 1.165) is 29.4 Å². The Morgan fingerprint density at radius 3 is 2.59 bits per heavy atom. The molecule has 0 radical (unpaired) electrons. The van der Waals surface area contributed by atoms with Crippen molar-refractivity contribution in [2.75, 3.05) is 18.0 Å². The van der Waals surface area contributed by atoms with E-state index >= 15 is 0 Å². The average Bonchev–Trinajstić information content (AvgIpc) is 2.89. The normalized spacial score (nSPS) is 15.5. The second-order valence-corrected chi connectivity index (χ2v) is 7.29. The van der Waals surface area contributed by atoms with Crippen LogP contribution in [0.25, 0.3) is 10.2 Å². The monoisotopic (exact) mass is 313 g/mol. The Morgan fingerprint density at radius 1 is 1.14 bits per heavy atom. The molecule has 0 aliphatic carbocycles. The molecule has 0 atom stereocenters. The third-order valence-corrected chi connectivity index (χ3v) is 5.61. The zero-order valence-electron chi connectivity index (χ0n) is 13.3. The average molecular weight is 313 g/mol. The lowest BCUT2D eigenvalue weighted by Crippen LogP contribution is -2.49. The highest BCUT2D eigenvalue weighted by Crippen LogP contribution is 2.37. The molecule has 5 nitrogen and oxygen atoms in total. The number of aromatic nitrogens is 4. The molecule has 3 aromatic heterocycles. The smallest absolute Gasteiger partial charge is 0.141 e. The second-order valence-electron chi connectivity index (χ2n) is 6.09. The molecule has 1 saturated heterocycles. The van der Waals surface area contributed by atoms with Gasteiger partial charge in [0.25, 0.3) is 0 Å². The van der Waals surface area contributed by atoms with Crippen LogP contribution in [0.3, 0.4) is 0 Å². The van der Waals surface area contributed by atoms with Crippen molar-refractivity contribution in [2.45, 2.75) is 33.7 Å². The van der Waals surface area contributed by atoms with Crippen LogP contribution in [-0.4, -0.2) is 32.8 Å². The Balaban J connectivity index is 1.64. The number of fused-ring (bicyclic) bond motifs is 1. The first kappa shape index (κ1) is 13.7. The summed E-state index contributed by atoms with van der Waals surface area (Å²) in [7, 11) is 0. The van der Waals surface area contributed by atoms with E-state index in [2.05, 4.69) is 51.5 Å². The fourth-order valence-electron chi connectivity index (χ4n) is 3.20. The summed E-state index contributed by atoms with van der Waals surface area (Å²) in [5.74, 6) is 1.07. The van der Waals surface area contributed by atoms with Crippen LogP contribution < -0.4 is 4.90 Å². The quantitative estimate of drug-likeness (QED) is 0.729. The SMILES string of the molecule is Cc1cc(C)n(C2CN(c3ncnc4sc(C)c(C)c34)C2)n1. The van der Waals surface area contributed by atoms with Crippen LogP contribution in [0.4, 0.5) is 5.82 Å². The number of hydrogen-bond acceptors (Lipinski definition) is 5. The predicted molar refractivity (Wildman–Crippen MR) is 89.8 cm³/mol. The highest BCUT2D eigenvalue weighted by atomic mass is 32.1. The van der Waals surface area contributed by atoms with Crippen LogP contribution in [0.2, 0.25) is 0 Å². The van der Waals surface area contributed by atoms with E-state index in [1.807, 2.05) is 6.92 Å². The second kappa shape index (κ2) is 4.78. The van der Waals surface area contributed by atoms with E-state index in [1.54, 1.807) is 17.7 Å². The number of nitrogens with zero attached hydrogens (tertiary/aromatic N) is 5. The summed E-state index contributed by atoms with van der Waals surface area (Å²) in [6, 6.07) is 2.58. The maximum absolute atomic E-state index is 4.60. The lowest BCUT2D eigenvalue weighted by molar-refractivity contribution is 0.359. The molecule has 0 spiro atoms. The summed E-state index contributed by atoms with van der Waals surface area (Å²) in [5.41, 5.74) is 3.63. The van der Waals surface area contributed by atoms with Crippen LogP contribution in [0, 0.1) is 27.7 Å². The fourth-order valence-corrected chi connectivity index (χ4v) is 4.19. The van der Waals surface area contributed by atoms with Crippen LogP contribution in [0.5, 0.6) is 0 Å². The predicted octanol–water partition coefficient (Wildman–Crippen LogP) is 3.18. The third-order valence-electron chi connectivity index (χ3n) is 4.50. The summed E-state index contributed by atoms with van der Waals surface area (Å²) in [5, 5.41) is 5.82. The van der Waals surface area contributed by atoms with E-state index in [4.69, 9.17) is 0 Å². The van der Waals surface area contributed by atoms with Crippen molar-refractivity contribution in [1.29, 1.82) is 0 Å². The number of aryl methyl sites for hydroxylation is 4. The van der Waals surface area contributed by atoms with Crippen LogP contribution in [-0.2, 0) is 0 Å². The molecule has 3 aromatic rings. The number of thiophene rings is 1. The van der Waals surface area contributed by atoms with Gasteiger partial charge in [-0.1, -0.05) is 0 Å². The Kier molecular flexibility index (Phi) is 2.97. The number of rotatable bonds is 2. The molecule has 1 aliphatic heterocycles. The van der Waals surface area contributed by atoms with E-state index in [0.29, 0.717) is 6.04 Å². The van der Waals surface area contributed by atoms with Crippen LogP contribution >= 0.6 is 11.3 Å². The summed E-state index contributed by atoms with van der Waals surface area (Å²) in [4.78, 5) is 13.7. The van der Waals surface area contributed by atoms with Crippen molar-refractivity contribution >= 4 is 27.4 Å². The van der Waals surface area contributed by atoms with Crippen molar-refractivity contribution in [1.82, 2.24) is 19.7 Å². The number of anilines is 1. The van der Waals surface area contributed by atoms with Gasteiger partial charge in [0.05, 0.1) is 17.1 Å². The molecule has 1 aliphatic rings. The molecule has 0 unspecified atom stereocenters. The van der Waals surface area contributed by atoms with Crippen molar-refractivity contribution in [3.05, 3.63) is 34.2 Å². The first-order valence-corrected chi connectivity index (χ1v) is 8.34. The summed E-state index contributed by atoms with van der Waals surface area (Å²) >= 11 is 1.75. The first-order chi connectivity index (χ1) is 10.5. The molecule has 0 saturated carbocycles. The molecule has 1 fully saturated rings. The van der Waals surface area contributed by atoms with Gasteiger partial charge in [0.15, 0.2) is 0 Å². The highest BCUT2D eigenvalue weighted by Gasteiger charge is 2.32. The van der Waals surface area contributed by atoms with Gasteiger partial charge in [0, 0.05) is 23.7 Å². The summed E-state index contributed by atoms with van der Waals surface area (Å²) in [6.07, 6.45) is 1.68. The highest BCUT2D eigenvalue weighted by molar-refractivity contribution is 7.18. The van der Waals surface area contributed by atoms with Crippen LogP contribution in [0.1, 0.15) is 27.9 Å². The van der Waals surface area contributed by atoms with Crippen molar-refractivity contribution in [3.63, 3.8) is 0 Å². The van der Waals surface area contributed by atoms with E-state index < -0.39 is 0 Å². The molecule has 0 bridgehead atoms. The van der Waals surface area contributed by atoms with Gasteiger partial charge in [0.2, 0.25) is 0 Å². The zero-order chi connectivity index (χ0) is 15.4. The lowest BCUT2D eigenvalue weighted by Gasteiger charge is -2.40. The number of hydrogen-bond donors (Lipinski definition) is 0. The van der Waals surface area contributed by atoms with Gasteiger partial charge in [-0.05, 0) is 39.3 Å². The third kappa shape index (κ3) is 1.94. The molecular weight excluding hydrogens is 294 g/mol. The molecule has 6 heteroatoms. The van der Waals surface area contributed by atoms with E-state index in [1.165, 1.54) is 21.5 Å². The van der Waals surface area contributed by atoms with Gasteiger partial charge < -0.3 is 4.90 Å². The maximum Gasteiger partial charge on any atom is 0.141 e. The topological polar surface area (TPSA) is 46.8 Å². The molecule has 0 N–H and O–H groups in total. The summed E-state index contributed by atoms with van der Waals surface area (Å²) < 4.78 is 2.15. The minimum atomic E-state index is 0.443. The minimum absolute atomic E-state index is 0.443. The van der Waals surface area contributed by atoms with Crippen molar-refractivity contribution < 1.29 is 0 Å². The zero-order valence-corrected chi connectivity index (χ0v) is 14.1. The first-order valence-electron chi connectivity index (χ1n) is 7.53. The standard InChI is InChI=1S/C16H19N5S/c1-9-5-10(2)21(19-9)13-6-20(7-13)15-14-11(3)12(4)22-16(14)18-8-17-15/h5,8,13H,6-7H2,1-4H3. The molecule has 4 heterocycles. The minimum Gasteiger partial charge on any atom is -0.352 e. The molecular formula is C16H19N5S. The van der Waals surface area contributed by atoms with Crippen molar-refractivity contribution in [2.24, 2.45) is 0 Å². The van der Waals surface area contributed by atoms with Crippen molar-refractivity contribution in [3.8, 4) is 0 Å². The van der Waals surface area contributed by atoms with Gasteiger partial charge in [-0.15, -0.1) is 11.3 Å². The van der Waals surface area contributed by atoms with E-state index in [-0.39, 0.29) is 0 Å². The molecule has 114 valence electrons. The Bertz CT molecular complexity index is 857. The molecule has 4 rings (SSSR count). The maximum atomic E-state index is 4.60. The Hall–Kier alpha value is -1.95. The Morgan fingerprint density at radius 2 is 1.91 bits per heavy atom. The van der Waals surface area contributed by atoms with Gasteiger partial charge in [-0.2, -0.15) is 5.10 Å². The lowest BCUT2D eigenvalue weighted by atomic mass is 10.1. The van der Waals surface area contributed by atoms with Gasteiger partial charge in [-0.3, -0.25) is 4.68 Å². The van der Waals surface area contributed by atoms with E-state index in [9.17, 15) is 0 Å². The van der Waals surface area contributed by atoms with Gasteiger partial charge in [0.1, 0.15) is 17.0 Å². The van der Waals surface area contributed by atoms with Gasteiger partial charge >= 0.3 is 0 Å². The van der Waals surface area contributed by atoms with Gasteiger partial charge in [-0.25, -0.2) is 9.97 Å². The Labute approximate surface area is 133 Å². The largest absolute Gasteiger partial charge is 0.352 e.